The molecule has 112 valence electrons. The van der Waals surface area contributed by atoms with Crippen LogP contribution in [0.1, 0.15) is 16.9 Å². The van der Waals surface area contributed by atoms with Crippen molar-refractivity contribution in [1.82, 2.24) is 10.5 Å². The molecule has 4 nitrogen and oxygen atoms in total. The van der Waals surface area contributed by atoms with E-state index in [1.165, 1.54) is 0 Å². The Labute approximate surface area is 132 Å². The Morgan fingerprint density at radius 3 is 2.82 bits per heavy atom. The van der Waals surface area contributed by atoms with Crippen LogP contribution in [0.2, 0.25) is 0 Å². The predicted molar refractivity (Wildman–Crippen MR) is 86.4 cm³/mol. The first-order valence-corrected chi connectivity index (χ1v) is 7.98. The molecule has 0 aliphatic heterocycles. The minimum absolute atomic E-state index is 0.0358. The van der Waals surface area contributed by atoms with E-state index in [9.17, 15) is 4.79 Å². The number of carbonyl (C=O) groups excluding carboxylic acids is 1. The zero-order valence-corrected chi connectivity index (χ0v) is 12.8. The first-order chi connectivity index (χ1) is 10.8. The van der Waals surface area contributed by atoms with Gasteiger partial charge in [0.1, 0.15) is 12.0 Å². The summed E-state index contributed by atoms with van der Waals surface area (Å²) in [4.78, 5) is 13.1. The third kappa shape index (κ3) is 3.62. The van der Waals surface area contributed by atoms with Gasteiger partial charge in [0.15, 0.2) is 0 Å². The van der Waals surface area contributed by atoms with Crippen molar-refractivity contribution in [3.8, 4) is 11.3 Å². The number of aryl methyl sites for hydroxylation is 1. The van der Waals surface area contributed by atoms with E-state index in [-0.39, 0.29) is 5.91 Å². The van der Waals surface area contributed by atoms with E-state index in [0.29, 0.717) is 19.4 Å². The van der Waals surface area contributed by atoms with Crippen LogP contribution < -0.4 is 5.32 Å². The Balaban J connectivity index is 1.56. The van der Waals surface area contributed by atoms with Crippen LogP contribution in [0.15, 0.2) is 58.6 Å². The van der Waals surface area contributed by atoms with Crippen molar-refractivity contribution in [3.05, 3.63) is 64.5 Å². The zero-order valence-electron chi connectivity index (χ0n) is 12.0. The van der Waals surface area contributed by atoms with E-state index in [1.54, 1.807) is 17.6 Å². The molecule has 22 heavy (non-hydrogen) atoms. The summed E-state index contributed by atoms with van der Waals surface area (Å²) in [5.74, 6) is 0.0358. The molecule has 1 aromatic carbocycles. The minimum Gasteiger partial charge on any atom is -0.364 e. The molecule has 0 spiro atoms. The zero-order chi connectivity index (χ0) is 15.2. The number of amides is 1. The van der Waals surface area contributed by atoms with Crippen LogP contribution in [-0.2, 0) is 17.8 Å². The lowest BCUT2D eigenvalue weighted by atomic mass is 10.0. The fraction of sp³-hybridized carbons (Fsp3) is 0.176. The lowest BCUT2D eigenvalue weighted by Crippen LogP contribution is -2.22. The van der Waals surface area contributed by atoms with E-state index >= 15 is 0 Å². The van der Waals surface area contributed by atoms with E-state index in [4.69, 9.17) is 4.52 Å². The van der Waals surface area contributed by atoms with Gasteiger partial charge in [-0.15, -0.1) is 11.3 Å². The van der Waals surface area contributed by atoms with Crippen molar-refractivity contribution in [2.24, 2.45) is 0 Å². The van der Waals surface area contributed by atoms with Crippen LogP contribution in [0.4, 0.5) is 0 Å². The lowest BCUT2D eigenvalue weighted by molar-refractivity contribution is -0.121. The van der Waals surface area contributed by atoms with Gasteiger partial charge in [0.25, 0.3) is 0 Å². The summed E-state index contributed by atoms with van der Waals surface area (Å²) in [6.45, 7) is 0.589. The second kappa shape index (κ2) is 7.04. The van der Waals surface area contributed by atoms with Crippen LogP contribution in [0.25, 0.3) is 11.3 Å². The lowest BCUT2D eigenvalue weighted by Gasteiger charge is -2.04. The molecule has 0 radical (unpaired) electrons. The maximum absolute atomic E-state index is 11.9. The average molecular weight is 312 g/mol. The van der Waals surface area contributed by atoms with Crippen LogP contribution >= 0.6 is 11.3 Å². The normalized spacial score (nSPS) is 10.5. The largest absolute Gasteiger partial charge is 0.364 e. The number of aromatic nitrogens is 1. The highest BCUT2D eigenvalue weighted by Crippen LogP contribution is 2.22. The van der Waals surface area contributed by atoms with Gasteiger partial charge < -0.3 is 9.84 Å². The molecule has 5 heteroatoms. The van der Waals surface area contributed by atoms with Crippen molar-refractivity contribution < 1.29 is 9.32 Å². The van der Waals surface area contributed by atoms with E-state index in [1.807, 2.05) is 47.8 Å². The molecule has 0 atom stereocenters. The Kier molecular flexibility index (Phi) is 4.65. The van der Waals surface area contributed by atoms with Crippen molar-refractivity contribution in [2.75, 3.05) is 0 Å². The number of nitrogens with one attached hydrogen (secondary N) is 1. The second-order valence-corrected chi connectivity index (χ2v) is 5.94. The maximum atomic E-state index is 11.9. The fourth-order valence-corrected chi connectivity index (χ4v) is 2.85. The summed E-state index contributed by atoms with van der Waals surface area (Å²) in [5, 5.41) is 8.98. The highest BCUT2D eigenvalue weighted by atomic mass is 32.1. The van der Waals surface area contributed by atoms with Gasteiger partial charge in [0, 0.05) is 22.4 Å². The van der Waals surface area contributed by atoms with Gasteiger partial charge in [0.05, 0.1) is 6.54 Å². The molecule has 2 heterocycles. The van der Waals surface area contributed by atoms with Gasteiger partial charge in [-0.3, -0.25) is 4.79 Å². The second-order valence-electron chi connectivity index (χ2n) is 4.91. The van der Waals surface area contributed by atoms with Crippen molar-refractivity contribution in [2.45, 2.75) is 19.4 Å². The summed E-state index contributed by atoms with van der Waals surface area (Å²) in [6, 6.07) is 13.8. The van der Waals surface area contributed by atoms with Gasteiger partial charge >= 0.3 is 0 Å². The number of benzene rings is 1. The molecular formula is C17H16N2O2S. The van der Waals surface area contributed by atoms with E-state index < -0.39 is 0 Å². The fourth-order valence-electron chi connectivity index (χ4n) is 2.20. The molecule has 0 saturated heterocycles. The van der Waals surface area contributed by atoms with Crippen LogP contribution in [0.5, 0.6) is 0 Å². The summed E-state index contributed by atoms with van der Waals surface area (Å²) < 4.78 is 5.07. The number of carbonyl (C=O) groups is 1. The molecule has 0 unspecified atom stereocenters. The quantitative estimate of drug-likeness (QED) is 0.756. The van der Waals surface area contributed by atoms with Gasteiger partial charge in [-0.05, 0) is 17.9 Å². The number of nitrogens with zero attached hydrogens (tertiary/aromatic N) is 1. The van der Waals surface area contributed by atoms with Crippen molar-refractivity contribution >= 4 is 17.2 Å². The van der Waals surface area contributed by atoms with Crippen molar-refractivity contribution in [1.29, 1.82) is 0 Å². The molecule has 1 N–H and O–H groups in total. The van der Waals surface area contributed by atoms with Gasteiger partial charge in [-0.1, -0.05) is 41.6 Å². The number of hydrogen-bond acceptors (Lipinski definition) is 4. The SMILES string of the molecule is O=C(CCc1conc1-c1ccccc1)NCc1cccs1. The molecule has 0 fully saturated rings. The smallest absolute Gasteiger partial charge is 0.220 e. The molecule has 0 saturated carbocycles. The Morgan fingerprint density at radius 2 is 2.05 bits per heavy atom. The highest BCUT2D eigenvalue weighted by molar-refractivity contribution is 7.09. The maximum Gasteiger partial charge on any atom is 0.220 e. The first kappa shape index (κ1) is 14.5. The van der Waals surface area contributed by atoms with Gasteiger partial charge in [0.2, 0.25) is 5.91 Å². The van der Waals surface area contributed by atoms with E-state index in [0.717, 1.165) is 21.7 Å². The summed E-state index contributed by atoms with van der Waals surface area (Å²) >= 11 is 1.64. The van der Waals surface area contributed by atoms with Crippen LogP contribution in [0, 0.1) is 0 Å². The summed E-state index contributed by atoms with van der Waals surface area (Å²) in [5.41, 5.74) is 2.77. The first-order valence-electron chi connectivity index (χ1n) is 7.10. The number of hydrogen-bond donors (Lipinski definition) is 1. The molecular weight excluding hydrogens is 296 g/mol. The number of rotatable bonds is 6. The average Bonchev–Trinajstić information content (AvgIpc) is 3.23. The van der Waals surface area contributed by atoms with Gasteiger partial charge in [-0.25, -0.2) is 0 Å². The third-order valence-corrected chi connectivity index (χ3v) is 4.23. The Hall–Kier alpha value is -2.40. The molecule has 0 aliphatic rings. The molecule has 0 aliphatic carbocycles. The molecule has 0 bridgehead atoms. The molecule has 1 amide bonds. The van der Waals surface area contributed by atoms with Crippen LogP contribution in [0.3, 0.4) is 0 Å². The van der Waals surface area contributed by atoms with Crippen molar-refractivity contribution in [3.63, 3.8) is 0 Å². The Morgan fingerprint density at radius 1 is 1.18 bits per heavy atom. The Bertz CT molecular complexity index is 720. The number of thiophene rings is 1. The topological polar surface area (TPSA) is 55.1 Å². The monoisotopic (exact) mass is 312 g/mol. The molecule has 3 aromatic rings. The van der Waals surface area contributed by atoms with Gasteiger partial charge in [-0.2, -0.15) is 0 Å². The highest BCUT2D eigenvalue weighted by Gasteiger charge is 2.11. The molecule has 2 aromatic heterocycles. The standard InChI is InChI=1S/C17H16N2O2S/c20-16(18-11-15-7-4-10-22-15)9-8-14-12-21-19-17(14)13-5-2-1-3-6-13/h1-7,10,12H,8-9,11H2,(H,18,20). The van der Waals surface area contributed by atoms with E-state index in [2.05, 4.69) is 10.5 Å². The summed E-state index contributed by atoms with van der Waals surface area (Å²) in [7, 11) is 0. The minimum atomic E-state index is 0.0358. The predicted octanol–water partition coefficient (Wildman–Crippen LogP) is 3.65. The summed E-state index contributed by atoms with van der Waals surface area (Å²) in [6.07, 6.45) is 2.66. The third-order valence-electron chi connectivity index (χ3n) is 3.35. The van der Waals surface area contributed by atoms with Crippen LogP contribution in [-0.4, -0.2) is 11.1 Å². The molecule has 3 rings (SSSR count).